The molecule has 1 amide bonds. The number of rotatable bonds is 11. The number of amides is 1. The van der Waals surface area contributed by atoms with Crippen molar-refractivity contribution >= 4 is 51.6 Å². The van der Waals surface area contributed by atoms with Crippen LogP contribution in [0.25, 0.3) is 16.5 Å². The van der Waals surface area contributed by atoms with E-state index in [-0.39, 0.29) is 17.5 Å². The minimum atomic E-state index is -0.159. The van der Waals surface area contributed by atoms with Crippen LogP contribution in [0, 0.1) is 0 Å². The molecule has 1 aromatic heterocycles. The lowest BCUT2D eigenvalue weighted by atomic mass is 10.0. The summed E-state index contributed by atoms with van der Waals surface area (Å²) in [4.78, 5) is 27.5. The fourth-order valence-corrected chi connectivity index (χ4v) is 4.53. The molecule has 0 atom stereocenters. The van der Waals surface area contributed by atoms with Gasteiger partial charge in [0.25, 0.3) is 0 Å². The molecule has 0 aliphatic heterocycles. The van der Waals surface area contributed by atoms with E-state index in [4.69, 9.17) is 20.8 Å². The molecule has 5 nitrogen and oxygen atoms in total. The Balaban J connectivity index is 1.76. The number of hydrogen-bond donors (Lipinski definition) is 0. The number of nitrogens with zero attached hydrogens (tertiary/aromatic N) is 1. The third-order valence-corrected chi connectivity index (χ3v) is 6.81. The number of halogens is 1. The van der Waals surface area contributed by atoms with Gasteiger partial charge in [-0.05, 0) is 74.7 Å². The van der Waals surface area contributed by atoms with E-state index in [1.165, 1.54) is 6.92 Å². The van der Waals surface area contributed by atoms with Crippen molar-refractivity contribution in [2.24, 2.45) is 0 Å². The first kappa shape index (κ1) is 25.9. The van der Waals surface area contributed by atoms with Gasteiger partial charge in [0.05, 0.1) is 6.61 Å². The maximum absolute atomic E-state index is 12.6. The highest BCUT2D eigenvalue weighted by atomic mass is 35.5. The zero-order valence-electron chi connectivity index (χ0n) is 20.0. The molecule has 0 spiro atoms. The van der Waals surface area contributed by atoms with Crippen LogP contribution < -0.4 is 4.74 Å². The highest BCUT2D eigenvalue weighted by Crippen LogP contribution is 2.35. The number of likely N-dealkylation sites (N-methyl/N-ethyl adjacent to an activating group) is 1. The molecule has 7 heteroatoms. The summed E-state index contributed by atoms with van der Waals surface area (Å²) in [6.45, 7) is 9.09. The normalized spacial score (nSPS) is 11.6. The summed E-state index contributed by atoms with van der Waals surface area (Å²) in [6, 6.07) is 13.3. The molecule has 34 heavy (non-hydrogen) atoms. The number of furan rings is 1. The first-order chi connectivity index (χ1) is 16.3. The quantitative estimate of drug-likeness (QED) is 0.122. The Labute approximate surface area is 210 Å². The number of thioether (sulfide) groups is 1. The van der Waals surface area contributed by atoms with E-state index in [0.717, 1.165) is 38.6 Å². The molecule has 0 bridgehead atoms. The van der Waals surface area contributed by atoms with Crippen molar-refractivity contribution in [3.8, 4) is 5.75 Å². The Bertz CT molecular complexity index is 1180. The topological polar surface area (TPSA) is 59.8 Å². The van der Waals surface area contributed by atoms with Crippen molar-refractivity contribution < 1.29 is 18.7 Å². The molecule has 0 aliphatic carbocycles. The van der Waals surface area contributed by atoms with Gasteiger partial charge in [-0.25, -0.2) is 0 Å². The largest absolute Gasteiger partial charge is 0.490 e. The maximum atomic E-state index is 12.6. The van der Waals surface area contributed by atoms with Crippen LogP contribution in [0.3, 0.4) is 0 Å². The second-order valence-electron chi connectivity index (χ2n) is 7.86. The van der Waals surface area contributed by atoms with Gasteiger partial charge in [-0.2, -0.15) is 0 Å². The number of ether oxygens (including phenoxy) is 1. The summed E-state index contributed by atoms with van der Waals surface area (Å²) in [5.41, 5.74) is 2.18. The Morgan fingerprint density at radius 1 is 1.09 bits per heavy atom. The molecule has 0 saturated carbocycles. The number of allylic oxidation sites excluding steroid dienone is 1. The minimum absolute atomic E-state index is 0.0375. The van der Waals surface area contributed by atoms with Crippen molar-refractivity contribution in [3.63, 3.8) is 0 Å². The van der Waals surface area contributed by atoms with Gasteiger partial charge in [-0.1, -0.05) is 17.7 Å². The number of carbonyl (C=O) groups excluding carboxylic acids is 2. The molecular formula is C27H30ClNO4S. The molecular weight excluding hydrogens is 470 g/mol. The van der Waals surface area contributed by atoms with E-state index in [9.17, 15) is 9.59 Å². The lowest BCUT2D eigenvalue weighted by Crippen LogP contribution is -2.28. The fraction of sp³-hybridized carbons (Fsp3) is 0.333. The Kier molecular flexibility index (Phi) is 9.25. The van der Waals surface area contributed by atoms with Crippen molar-refractivity contribution in [1.29, 1.82) is 0 Å². The summed E-state index contributed by atoms with van der Waals surface area (Å²) in [5, 5.41) is 1.49. The molecule has 2 aromatic carbocycles. The second kappa shape index (κ2) is 12.1. The van der Waals surface area contributed by atoms with Gasteiger partial charge in [0.2, 0.25) is 5.91 Å². The van der Waals surface area contributed by atoms with Crippen LogP contribution in [-0.4, -0.2) is 42.0 Å². The summed E-state index contributed by atoms with van der Waals surface area (Å²) in [7, 11) is 0. The molecule has 0 saturated heterocycles. The molecule has 3 rings (SSSR count). The molecule has 0 fully saturated rings. The van der Waals surface area contributed by atoms with E-state index in [1.54, 1.807) is 28.8 Å². The van der Waals surface area contributed by atoms with Crippen LogP contribution in [0.15, 0.2) is 57.9 Å². The fourth-order valence-electron chi connectivity index (χ4n) is 3.58. The number of Topliss-reactive ketones (excluding diaryl/α,β-unsaturated/α-hetero) is 1. The number of ketones is 1. The Hall–Kier alpha value is -2.70. The summed E-state index contributed by atoms with van der Waals surface area (Å²) >= 11 is 7.68. The average molecular weight is 500 g/mol. The van der Waals surface area contributed by atoms with Crippen molar-refractivity contribution in [2.45, 2.75) is 39.0 Å². The first-order valence-electron chi connectivity index (χ1n) is 11.4. The van der Waals surface area contributed by atoms with Crippen molar-refractivity contribution in [2.75, 3.05) is 25.4 Å². The van der Waals surface area contributed by atoms with Crippen LogP contribution in [0.4, 0.5) is 0 Å². The van der Waals surface area contributed by atoms with Crippen molar-refractivity contribution in [1.82, 2.24) is 4.90 Å². The van der Waals surface area contributed by atoms with Gasteiger partial charge in [-0.15, -0.1) is 11.8 Å². The number of benzene rings is 2. The van der Waals surface area contributed by atoms with Crippen LogP contribution in [0.1, 0.15) is 50.2 Å². The van der Waals surface area contributed by atoms with Gasteiger partial charge < -0.3 is 14.1 Å². The van der Waals surface area contributed by atoms with E-state index < -0.39 is 0 Å². The molecule has 3 aromatic rings. The van der Waals surface area contributed by atoms with Gasteiger partial charge in [0.1, 0.15) is 0 Å². The Morgan fingerprint density at radius 2 is 1.79 bits per heavy atom. The predicted molar refractivity (Wildman–Crippen MR) is 140 cm³/mol. The maximum Gasteiger partial charge on any atom is 0.246 e. The monoisotopic (exact) mass is 499 g/mol. The van der Waals surface area contributed by atoms with E-state index in [2.05, 4.69) is 0 Å². The summed E-state index contributed by atoms with van der Waals surface area (Å²) in [5.74, 6) is 1.56. The number of hydrogen-bond acceptors (Lipinski definition) is 5. The average Bonchev–Trinajstić information content (AvgIpc) is 3.27. The van der Waals surface area contributed by atoms with E-state index >= 15 is 0 Å². The van der Waals surface area contributed by atoms with E-state index in [1.807, 2.05) is 57.2 Å². The Morgan fingerprint density at radius 3 is 2.44 bits per heavy atom. The van der Waals surface area contributed by atoms with Gasteiger partial charge >= 0.3 is 0 Å². The van der Waals surface area contributed by atoms with Crippen LogP contribution in [0.5, 0.6) is 5.75 Å². The summed E-state index contributed by atoms with van der Waals surface area (Å²) in [6.07, 6.45) is 2.48. The molecule has 1 heterocycles. The number of carbonyl (C=O) groups is 2. The smallest absolute Gasteiger partial charge is 0.246 e. The molecule has 0 unspecified atom stereocenters. The van der Waals surface area contributed by atoms with Crippen LogP contribution in [-0.2, 0) is 4.79 Å². The van der Waals surface area contributed by atoms with Gasteiger partial charge in [-0.3, -0.25) is 9.59 Å². The third kappa shape index (κ3) is 6.45. The molecule has 0 N–H and O–H groups in total. The van der Waals surface area contributed by atoms with Crippen LogP contribution >= 0.6 is 23.4 Å². The zero-order chi connectivity index (χ0) is 24.7. The SMILES string of the molecule is CCN(CC)C(=O)/C=C(\C)c1ccc(OCCCSc2ccc(Cl)cc2)c2oc(C(C)=O)cc12. The molecule has 0 aliphatic rings. The minimum Gasteiger partial charge on any atom is -0.490 e. The van der Waals surface area contributed by atoms with Gasteiger partial charge in [0.15, 0.2) is 22.9 Å². The molecule has 180 valence electrons. The molecule has 0 radical (unpaired) electrons. The van der Waals surface area contributed by atoms with E-state index in [0.29, 0.717) is 31.0 Å². The first-order valence-corrected chi connectivity index (χ1v) is 12.8. The second-order valence-corrected chi connectivity index (χ2v) is 9.47. The standard InChI is InChI=1S/C27H30ClNO4S/c1-5-29(6-2)26(31)16-18(3)22-12-13-24(27-23(22)17-25(33-27)19(4)30)32-14-7-15-34-21-10-8-20(28)9-11-21/h8-13,16-17H,5-7,14-15H2,1-4H3/b18-16+. The number of fused-ring (bicyclic) bond motifs is 1. The highest BCUT2D eigenvalue weighted by Gasteiger charge is 2.17. The zero-order valence-corrected chi connectivity index (χ0v) is 21.6. The highest BCUT2D eigenvalue weighted by molar-refractivity contribution is 7.99. The lowest BCUT2D eigenvalue weighted by Gasteiger charge is -2.17. The van der Waals surface area contributed by atoms with Gasteiger partial charge in [0, 0.05) is 47.1 Å². The third-order valence-electron chi connectivity index (χ3n) is 5.46. The van der Waals surface area contributed by atoms with Crippen molar-refractivity contribution in [3.05, 3.63) is 64.9 Å². The summed E-state index contributed by atoms with van der Waals surface area (Å²) < 4.78 is 11.9. The lowest BCUT2D eigenvalue weighted by molar-refractivity contribution is -0.125. The van der Waals surface area contributed by atoms with Crippen LogP contribution in [0.2, 0.25) is 5.02 Å². The predicted octanol–water partition coefficient (Wildman–Crippen LogP) is 7.12.